The molecule has 1 fully saturated rings. The lowest BCUT2D eigenvalue weighted by Gasteiger charge is -2.10. The second-order valence-electron chi connectivity index (χ2n) is 6.98. The second kappa shape index (κ2) is 9.53. The first-order chi connectivity index (χ1) is 15.5. The van der Waals surface area contributed by atoms with Crippen LogP contribution in [0.25, 0.3) is 6.08 Å². The fourth-order valence-corrected chi connectivity index (χ4v) is 3.80. The molecule has 0 aliphatic carbocycles. The summed E-state index contributed by atoms with van der Waals surface area (Å²) in [5, 5.41) is 3.30. The van der Waals surface area contributed by atoms with Crippen molar-refractivity contribution >= 4 is 40.6 Å². The minimum Gasteiger partial charge on any atom is -0.493 e. The molecular formula is C25H20N2O4S. The van der Waals surface area contributed by atoms with Crippen LogP contribution >= 0.6 is 11.8 Å². The van der Waals surface area contributed by atoms with Crippen molar-refractivity contribution < 1.29 is 19.1 Å². The fourth-order valence-electron chi connectivity index (χ4n) is 2.96. The van der Waals surface area contributed by atoms with Crippen molar-refractivity contribution in [2.24, 2.45) is 4.99 Å². The van der Waals surface area contributed by atoms with E-state index in [0.717, 1.165) is 16.8 Å². The van der Waals surface area contributed by atoms with Gasteiger partial charge in [0.15, 0.2) is 16.7 Å². The predicted molar refractivity (Wildman–Crippen MR) is 126 cm³/mol. The number of carbonyl (C=O) groups excluding carboxylic acids is 2. The van der Waals surface area contributed by atoms with E-state index in [2.05, 4.69) is 10.3 Å². The Balaban J connectivity index is 1.52. The van der Waals surface area contributed by atoms with E-state index in [1.807, 2.05) is 37.3 Å². The lowest BCUT2D eigenvalue weighted by Crippen LogP contribution is -2.19. The van der Waals surface area contributed by atoms with Crippen LogP contribution in [0.15, 0.2) is 82.7 Å². The molecule has 0 spiro atoms. The zero-order valence-electron chi connectivity index (χ0n) is 17.5. The van der Waals surface area contributed by atoms with Crippen LogP contribution in [0.3, 0.4) is 0 Å². The minimum atomic E-state index is -0.474. The summed E-state index contributed by atoms with van der Waals surface area (Å²) >= 11 is 1.26. The highest BCUT2D eigenvalue weighted by Crippen LogP contribution is 2.32. The molecule has 3 aromatic carbocycles. The van der Waals surface area contributed by atoms with Gasteiger partial charge in [-0.05, 0) is 66.7 Å². The molecule has 4 rings (SSSR count). The van der Waals surface area contributed by atoms with Crippen LogP contribution in [0.1, 0.15) is 21.5 Å². The van der Waals surface area contributed by atoms with Crippen molar-refractivity contribution in [1.29, 1.82) is 0 Å². The predicted octanol–water partition coefficient (Wildman–Crippen LogP) is 5.11. The van der Waals surface area contributed by atoms with E-state index in [0.29, 0.717) is 27.1 Å². The molecule has 1 aliphatic heterocycles. The molecule has 0 unspecified atom stereocenters. The fraction of sp³-hybridized carbons (Fsp3) is 0.0800. The Morgan fingerprint density at radius 1 is 1.00 bits per heavy atom. The molecule has 32 heavy (non-hydrogen) atoms. The number of rotatable bonds is 5. The Morgan fingerprint density at radius 3 is 2.47 bits per heavy atom. The van der Waals surface area contributed by atoms with E-state index in [1.165, 1.54) is 18.9 Å². The molecule has 6 nitrogen and oxygen atoms in total. The average Bonchev–Trinajstić information content (AvgIpc) is 3.15. The van der Waals surface area contributed by atoms with Crippen molar-refractivity contribution in [3.8, 4) is 11.5 Å². The van der Waals surface area contributed by atoms with Crippen LogP contribution < -0.4 is 14.8 Å². The summed E-state index contributed by atoms with van der Waals surface area (Å²) in [6, 6.07) is 21.6. The molecule has 0 aromatic heterocycles. The lowest BCUT2D eigenvalue weighted by atomic mass is 10.2. The van der Waals surface area contributed by atoms with Gasteiger partial charge in [0.05, 0.1) is 23.3 Å². The van der Waals surface area contributed by atoms with Crippen molar-refractivity contribution in [2.45, 2.75) is 6.92 Å². The number of aliphatic imine (C=N–C) groups is 1. The van der Waals surface area contributed by atoms with Gasteiger partial charge < -0.3 is 14.8 Å². The number of ether oxygens (including phenoxy) is 2. The Morgan fingerprint density at radius 2 is 1.75 bits per heavy atom. The lowest BCUT2D eigenvalue weighted by molar-refractivity contribution is -0.115. The highest BCUT2D eigenvalue weighted by atomic mass is 32.2. The van der Waals surface area contributed by atoms with E-state index in [4.69, 9.17) is 9.47 Å². The van der Waals surface area contributed by atoms with Gasteiger partial charge in [0, 0.05) is 0 Å². The summed E-state index contributed by atoms with van der Waals surface area (Å²) in [6.07, 6.45) is 1.74. The standard InChI is InChI=1S/C25H20N2O4S/c1-16-8-11-19(12-9-16)26-25-27-23(28)22(32-25)15-17-10-13-20(21(14-17)30-2)31-24(29)18-6-4-3-5-7-18/h3-15H,1-2H3,(H,26,27,28)/b22-15-. The highest BCUT2D eigenvalue weighted by Gasteiger charge is 2.24. The number of esters is 1. The highest BCUT2D eigenvalue weighted by molar-refractivity contribution is 8.18. The molecule has 0 saturated carbocycles. The zero-order chi connectivity index (χ0) is 22.5. The van der Waals surface area contributed by atoms with Gasteiger partial charge >= 0.3 is 5.97 Å². The summed E-state index contributed by atoms with van der Waals surface area (Å²) < 4.78 is 10.9. The van der Waals surface area contributed by atoms with Gasteiger partial charge in [-0.1, -0.05) is 42.0 Å². The van der Waals surface area contributed by atoms with Gasteiger partial charge in [-0.15, -0.1) is 0 Å². The minimum absolute atomic E-state index is 0.223. The van der Waals surface area contributed by atoms with Gasteiger partial charge in [-0.2, -0.15) is 0 Å². The van der Waals surface area contributed by atoms with Crippen LogP contribution in [0, 0.1) is 6.92 Å². The normalized spacial score (nSPS) is 15.6. The number of thioether (sulfide) groups is 1. The van der Waals surface area contributed by atoms with Gasteiger partial charge in [-0.3, -0.25) is 4.79 Å². The first-order valence-electron chi connectivity index (χ1n) is 9.83. The number of carbonyl (C=O) groups is 2. The van der Waals surface area contributed by atoms with E-state index in [-0.39, 0.29) is 5.91 Å². The molecule has 0 radical (unpaired) electrons. The number of nitrogens with zero attached hydrogens (tertiary/aromatic N) is 1. The van der Waals surface area contributed by atoms with Gasteiger partial charge in [0.2, 0.25) is 0 Å². The SMILES string of the molecule is COc1cc(/C=C2\SC(=Nc3ccc(C)cc3)NC2=O)ccc1OC(=O)c1ccccc1. The summed E-state index contributed by atoms with van der Waals surface area (Å²) in [4.78, 5) is 29.7. The number of aryl methyl sites for hydroxylation is 1. The first kappa shape index (κ1) is 21.4. The Hall–Kier alpha value is -3.84. The molecule has 0 atom stereocenters. The topological polar surface area (TPSA) is 77.0 Å². The third-order valence-corrected chi connectivity index (χ3v) is 5.52. The molecule has 3 aromatic rings. The largest absolute Gasteiger partial charge is 0.493 e. The number of amidine groups is 1. The second-order valence-corrected chi connectivity index (χ2v) is 8.01. The third-order valence-electron chi connectivity index (χ3n) is 4.61. The van der Waals surface area contributed by atoms with E-state index in [1.54, 1.807) is 48.5 Å². The van der Waals surface area contributed by atoms with E-state index < -0.39 is 5.97 Å². The number of hydrogen-bond acceptors (Lipinski definition) is 6. The number of methoxy groups -OCH3 is 1. The molecule has 7 heteroatoms. The summed E-state index contributed by atoms with van der Waals surface area (Å²) in [5.41, 5.74) is 3.09. The van der Waals surface area contributed by atoms with Crippen molar-refractivity contribution in [3.05, 3.63) is 94.4 Å². The van der Waals surface area contributed by atoms with E-state index >= 15 is 0 Å². The summed E-state index contributed by atoms with van der Waals surface area (Å²) in [5.74, 6) is -0.00802. The Labute approximate surface area is 190 Å². The maximum absolute atomic E-state index is 12.4. The third kappa shape index (κ3) is 5.07. The van der Waals surface area contributed by atoms with Crippen LogP contribution in [0.5, 0.6) is 11.5 Å². The van der Waals surface area contributed by atoms with Crippen LogP contribution in [-0.4, -0.2) is 24.2 Å². The number of nitrogens with one attached hydrogen (secondary N) is 1. The average molecular weight is 445 g/mol. The van der Waals surface area contributed by atoms with Gasteiger partial charge in [0.1, 0.15) is 0 Å². The molecule has 1 saturated heterocycles. The van der Waals surface area contributed by atoms with Crippen LogP contribution in [0.2, 0.25) is 0 Å². The Kier molecular flexibility index (Phi) is 6.37. The maximum Gasteiger partial charge on any atom is 0.343 e. The molecule has 0 bridgehead atoms. The first-order valence-corrected chi connectivity index (χ1v) is 10.6. The molecule has 1 aliphatic rings. The maximum atomic E-state index is 12.4. The van der Waals surface area contributed by atoms with Crippen LogP contribution in [0.4, 0.5) is 5.69 Å². The van der Waals surface area contributed by atoms with Crippen molar-refractivity contribution in [3.63, 3.8) is 0 Å². The smallest absolute Gasteiger partial charge is 0.343 e. The summed E-state index contributed by atoms with van der Waals surface area (Å²) in [7, 11) is 1.50. The van der Waals surface area contributed by atoms with Crippen molar-refractivity contribution in [2.75, 3.05) is 7.11 Å². The number of benzene rings is 3. The van der Waals surface area contributed by atoms with Crippen molar-refractivity contribution in [1.82, 2.24) is 5.32 Å². The molecule has 1 N–H and O–H groups in total. The van der Waals surface area contributed by atoms with Gasteiger partial charge in [0.25, 0.3) is 5.91 Å². The molecule has 160 valence electrons. The van der Waals surface area contributed by atoms with Gasteiger partial charge in [-0.25, -0.2) is 9.79 Å². The number of hydrogen-bond donors (Lipinski definition) is 1. The quantitative estimate of drug-likeness (QED) is 0.336. The molecular weight excluding hydrogens is 424 g/mol. The zero-order valence-corrected chi connectivity index (χ0v) is 18.3. The van der Waals surface area contributed by atoms with E-state index in [9.17, 15) is 9.59 Å². The summed E-state index contributed by atoms with van der Waals surface area (Å²) in [6.45, 7) is 2.01. The molecule has 1 heterocycles. The number of amides is 1. The van der Waals surface area contributed by atoms with Crippen LogP contribution in [-0.2, 0) is 4.79 Å². The Bertz CT molecular complexity index is 1220. The monoisotopic (exact) mass is 444 g/mol. The molecule has 1 amide bonds.